The minimum absolute atomic E-state index is 0.236. The quantitative estimate of drug-likeness (QED) is 0.658. The summed E-state index contributed by atoms with van der Waals surface area (Å²) in [6, 6.07) is 0. The average molecular weight is 409 g/mol. The summed E-state index contributed by atoms with van der Waals surface area (Å²) in [6.45, 7) is 2.44. The second kappa shape index (κ2) is 7.58. The van der Waals surface area contributed by atoms with Gasteiger partial charge in [-0.3, -0.25) is 4.79 Å². The van der Waals surface area contributed by atoms with E-state index in [1.807, 2.05) is 6.26 Å². The summed E-state index contributed by atoms with van der Waals surface area (Å²) in [6.07, 6.45) is 12.1. The van der Waals surface area contributed by atoms with Crippen molar-refractivity contribution in [2.45, 2.75) is 70.3 Å². The third kappa shape index (κ3) is 3.38. The van der Waals surface area contributed by atoms with Gasteiger partial charge in [-0.25, -0.2) is 0 Å². The maximum atomic E-state index is 12.8. The van der Waals surface area contributed by atoms with Gasteiger partial charge in [-0.15, -0.1) is 0 Å². The molecule has 0 heterocycles. The molecule has 0 aromatic rings. The van der Waals surface area contributed by atoms with Crippen molar-refractivity contribution >= 4 is 29.1 Å². The third-order valence-corrected chi connectivity index (χ3v) is 9.63. The molecule has 0 aromatic carbocycles. The van der Waals surface area contributed by atoms with Crippen LogP contribution < -0.4 is 0 Å². The van der Waals surface area contributed by atoms with Gasteiger partial charge in [0, 0.05) is 11.3 Å². The molecule has 8 atom stereocenters. The molecule has 4 aliphatic rings. The number of hydrogen-bond donors (Lipinski definition) is 1. The summed E-state index contributed by atoms with van der Waals surface area (Å²) in [7, 11) is 0. The predicted octanol–water partition coefficient (Wildman–Crippen LogP) is 5.12. The topological polar surface area (TPSA) is 37.3 Å². The first-order chi connectivity index (χ1) is 12.9. The number of ketones is 1. The van der Waals surface area contributed by atoms with Crippen LogP contribution in [0.4, 0.5) is 0 Å². The molecule has 27 heavy (non-hydrogen) atoms. The van der Waals surface area contributed by atoms with Crippen molar-refractivity contribution in [3.05, 3.63) is 0 Å². The van der Waals surface area contributed by atoms with E-state index in [1.54, 1.807) is 11.8 Å². The van der Waals surface area contributed by atoms with Crippen LogP contribution in [0.2, 0.25) is 0 Å². The van der Waals surface area contributed by atoms with Crippen LogP contribution >= 0.6 is 23.4 Å². The van der Waals surface area contributed by atoms with Crippen molar-refractivity contribution in [2.75, 3.05) is 12.0 Å². The highest BCUT2D eigenvalue weighted by Gasteiger charge is 2.58. The van der Waals surface area contributed by atoms with E-state index in [9.17, 15) is 9.90 Å². The number of carbonyl (C=O) groups excluding carboxylic acids is 1. The van der Waals surface area contributed by atoms with E-state index in [-0.39, 0.29) is 5.41 Å². The average Bonchev–Trinajstić information content (AvgIpc) is 2.98. The first kappa shape index (κ1) is 20.1. The van der Waals surface area contributed by atoms with Crippen molar-refractivity contribution in [1.82, 2.24) is 0 Å². The molecule has 0 amide bonds. The lowest BCUT2D eigenvalue weighted by molar-refractivity contribution is -0.129. The molecule has 1 N–H and O–H groups in total. The predicted molar refractivity (Wildman–Crippen MR) is 113 cm³/mol. The number of thioether (sulfide) groups is 1. The fraction of sp³-hybridized carbons (Fsp3) is 0.870. The zero-order chi connectivity index (χ0) is 19.2. The summed E-state index contributed by atoms with van der Waals surface area (Å²) in [5.74, 6) is 8.02. The van der Waals surface area contributed by atoms with Crippen molar-refractivity contribution in [2.24, 2.45) is 40.9 Å². The smallest absolute Gasteiger partial charge is 0.146 e. The molecular formula is C23H33ClO2S. The summed E-state index contributed by atoms with van der Waals surface area (Å²) in [4.78, 5) is 12.8. The van der Waals surface area contributed by atoms with E-state index >= 15 is 0 Å². The Labute approximate surface area is 173 Å². The standard InChI is InChI=1S/C23H33ClO2S/c1-22-9-7-17-16-8-10-23(26,11-12-24)13-15(16)3-4-18(17)19(22)5-6-20(22)21(25)14-27-2/h15-20,26H,3-10,13-14H2,1-2H3/t15-,16+,17-,18-,19+,20-,22+,23+/m1/s1. The van der Waals surface area contributed by atoms with E-state index in [0.29, 0.717) is 23.4 Å². The minimum Gasteiger partial charge on any atom is -0.378 e. The monoisotopic (exact) mass is 408 g/mol. The van der Waals surface area contributed by atoms with Gasteiger partial charge in [-0.1, -0.05) is 12.8 Å². The summed E-state index contributed by atoms with van der Waals surface area (Å²) in [5.41, 5.74) is -0.623. The van der Waals surface area contributed by atoms with Gasteiger partial charge in [0.05, 0.1) is 5.75 Å². The molecule has 4 heteroatoms. The highest BCUT2D eigenvalue weighted by molar-refractivity contribution is 7.99. The Balaban J connectivity index is 1.50. The van der Waals surface area contributed by atoms with E-state index < -0.39 is 5.60 Å². The molecule has 2 nitrogen and oxygen atoms in total. The van der Waals surface area contributed by atoms with Gasteiger partial charge in [-0.2, -0.15) is 11.8 Å². The van der Waals surface area contributed by atoms with E-state index in [4.69, 9.17) is 11.6 Å². The molecule has 0 radical (unpaired) electrons. The van der Waals surface area contributed by atoms with Gasteiger partial charge in [0.15, 0.2) is 0 Å². The van der Waals surface area contributed by atoms with Crippen LogP contribution in [0.15, 0.2) is 0 Å². The third-order valence-electron chi connectivity index (χ3n) is 8.97. The zero-order valence-corrected chi connectivity index (χ0v) is 18.2. The first-order valence-electron chi connectivity index (χ1n) is 10.8. The van der Waals surface area contributed by atoms with Gasteiger partial charge in [0.25, 0.3) is 0 Å². The van der Waals surface area contributed by atoms with Gasteiger partial charge in [-0.05, 0) is 111 Å². The molecule has 150 valence electrons. The Hall–Kier alpha value is -0.170. The first-order valence-corrected chi connectivity index (χ1v) is 12.6. The molecule has 4 fully saturated rings. The molecule has 0 bridgehead atoms. The maximum absolute atomic E-state index is 12.8. The molecule has 0 aromatic heterocycles. The zero-order valence-electron chi connectivity index (χ0n) is 16.7. The summed E-state index contributed by atoms with van der Waals surface area (Å²) < 4.78 is 0. The molecule has 0 spiro atoms. The van der Waals surface area contributed by atoms with Crippen LogP contribution in [-0.4, -0.2) is 28.5 Å². The van der Waals surface area contributed by atoms with Gasteiger partial charge >= 0.3 is 0 Å². The van der Waals surface area contributed by atoms with Crippen LogP contribution in [-0.2, 0) is 4.79 Å². The maximum Gasteiger partial charge on any atom is 0.146 e. The van der Waals surface area contributed by atoms with Crippen molar-refractivity contribution in [3.8, 4) is 11.3 Å². The van der Waals surface area contributed by atoms with Crippen molar-refractivity contribution < 1.29 is 9.90 Å². The Morgan fingerprint density at radius 1 is 1.11 bits per heavy atom. The highest BCUT2D eigenvalue weighted by atomic mass is 35.5. The summed E-state index contributed by atoms with van der Waals surface area (Å²) in [5, 5.41) is 13.2. The Morgan fingerprint density at radius 2 is 1.89 bits per heavy atom. The fourth-order valence-corrected chi connectivity index (χ4v) is 8.51. The van der Waals surface area contributed by atoms with E-state index in [2.05, 4.69) is 18.2 Å². The molecule has 0 unspecified atom stereocenters. The van der Waals surface area contributed by atoms with Crippen molar-refractivity contribution in [1.29, 1.82) is 0 Å². The van der Waals surface area contributed by atoms with Crippen LogP contribution in [0, 0.1) is 52.2 Å². The van der Waals surface area contributed by atoms with Crippen LogP contribution in [0.1, 0.15) is 64.7 Å². The number of halogens is 1. The number of aliphatic hydroxyl groups is 1. The normalized spacial score (nSPS) is 48.6. The Kier molecular flexibility index (Phi) is 5.65. The number of carbonyl (C=O) groups is 1. The number of hydrogen-bond acceptors (Lipinski definition) is 3. The minimum atomic E-state index is -0.859. The van der Waals surface area contributed by atoms with Gasteiger partial charge in [0.2, 0.25) is 0 Å². The Bertz CT molecular complexity index is 654. The number of rotatable bonds is 3. The lowest BCUT2D eigenvalue weighted by atomic mass is 9.49. The number of Topliss-reactive ketones (excluding diaryl/α,β-unsaturated/α-hetero) is 1. The molecular weight excluding hydrogens is 376 g/mol. The lowest BCUT2D eigenvalue weighted by Gasteiger charge is -2.56. The Morgan fingerprint density at radius 3 is 2.63 bits per heavy atom. The van der Waals surface area contributed by atoms with Gasteiger partial charge in [0.1, 0.15) is 11.4 Å². The summed E-state index contributed by atoms with van der Waals surface area (Å²) >= 11 is 7.28. The molecule has 0 saturated heterocycles. The van der Waals surface area contributed by atoms with Crippen molar-refractivity contribution in [3.63, 3.8) is 0 Å². The van der Waals surface area contributed by atoms with Crippen LogP contribution in [0.5, 0.6) is 0 Å². The second-order valence-corrected chi connectivity index (χ2v) is 11.1. The molecule has 0 aliphatic heterocycles. The SMILES string of the molecule is CSCC(=O)[C@H]1CC[C@H]2[C@@H]3CC[C@@H]4C[C@@](O)(C#CCl)CC[C@@H]4[C@H]3CC[C@]12C. The van der Waals surface area contributed by atoms with E-state index in [1.165, 1.54) is 32.1 Å². The number of fused-ring (bicyclic) bond motifs is 5. The van der Waals surface area contributed by atoms with Gasteiger partial charge < -0.3 is 5.11 Å². The molecule has 4 saturated carbocycles. The van der Waals surface area contributed by atoms with Crippen LogP contribution in [0.25, 0.3) is 0 Å². The largest absolute Gasteiger partial charge is 0.378 e. The second-order valence-electron chi connectivity index (χ2n) is 10.0. The van der Waals surface area contributed by atoms with E-state index in [0.717, 1.165) is 49.4 Å². The fourth-order valence-electron chi connectivity index (χ4n) is 7.85. The molecule has 4 rings (SSSR count). The van der Waals surface area contributed by atoms with Crippen LogP contribution in [0.3, 0.4) is 0 Å². The lowest BCUT2D eigenvalue weighted by Crippen LogP contribution is -2.51. The molecule has 4 aliphatic carbocycles. The highest BCUT2D eigenvalue weighted by Crippen LogP contribution is 2.64.